The van der Waals surface area contributed by atoms with Crippen LogP contribution in [0.1, 0.15) is 40.2 Å². The summed E-state index contributed by atoms with van der Waals surface area (Å²) in [6.45, 7) is 2.94. The average molecular weight is 352 g/mol. The van der Waals surface area contributed by atoms with Gasteiger partial charge >= 0.3 is 0 Å². The molecule has 21 heavy (non-hydrogen) atoms. The van der Waals surface area contributed by atoms with Crippen LogP contribution in [0.3, 0.4) is 0 Å². The molecule has 0 bridgehead atoms. The number of nitrogens with one attached hydrogen (secondary N) is 1. The van der Waals surface area contributed by atoms with Crippen molar-refractivity contribution < 1.29 is 17.9 Å². The van der Waals surface area contributed by atoms with E-state index in [-0.39, 0.29) is 16.9 Å². The van der Waals surface area contributed by atoms with Gasteiger partial charge in [0.2, 0.25) is 0 Å². The number of hydrogen-bond acceptors (Lipinski definition) is 5. The molecule has 1 amide bonds. The molecule has 1 N–H and O–H groups in total. The SMILES string of the molecule is Cc1sc(C(=O)NCCC2CCCCO2)cc1S(=O)(=O)Cl. The van der Waals surface area contributed by atoms with E-state index in [4.69, 9.17) is 15.4 Å². The molecule has 0 spiro atoms. The molecule has 1 atom stereocenters. The Morgan fingerprint density at radius 3 is 2.86 bits per heavy atom. The van der Waals surface area contributed by atoms with Gasteiger partial charge in [0.1, 0.15) is 0 Å². The largest absolute Gasteiger partial charge is 0.378 e. The molecule has 1 fully saturated rings. The maximum atomic E-state index is 12.0. The summed E-state index contributed by atoms with van der Waals surface area (Å²) < 4.78 is 28.3. The average Bonchev–Trinajstić information content (AvgIpc) is 2.82. The first-order valence-corrected chi connectivity index (χ1v) is 9.95. The Hall–Kier alpha value is -0.630. The standard InChI is InChI=1S/C13H18ClNO4S2/c1-9-12(21(14,17)18)8-11(20-9)13(16)15-6-5-10-4-2-3-7-19-10/h8,10H,2-7H2,1H3,(H,15,16). The van der Waals surface area contributed by atoms with Crippen molar-refractivity contribution in [3.63, 3.8) is 0 Å². The van der Waals surface area contributed by atoms with E-state index in [0.29, 0.717) is 16.3 Å². The summed E-state index contributed by atoms with van der Waals surface area (Å²) in [7, 11) is 1.52. The molecule has 0 aliphatic carbocycles. The van der Waals surface area contributed by atoms with E-state index >= 15 is 0 Å². The summed E-state index contributed by atoms with van der Waals surface area (Å²) in [5.41, 5.74) is 0. The number of carbonyl (C=O) groups excluding carboxylic acids is 1. The quantitative estimate of drug-likeness (QED) is 0.828. The number of aryl methyl sites for hydroxylation is 1. The van der Waals surface area contributed by atoms with Crippen LogP contribution in [0.25, 0.3) is 0 Å². The fraction of sp³-hybridized carbons (Fsp3) is 0.615. The van der Waals surface area contributed by atoms with Crippen molar-refractivity contribution in [2.45, 2.75) is 43.6 Å². The second-order valence-corrected chi connectivity index (χ2v) is 8.79. The van der Waals surface area contributed by atoms with Crippen LogP contribution in [-0.2, 0) is 13.8 Å². The maximum Gasteiger partial charge on any atom is 0.262 e. The Kier molecular flexibility index (Phi) is 5.65. The number of halogens is 1. The number of hydrogen-bond donors (Lipinski definition) is 1. The van der Waals surface area contributed by atoms with Crippen LogP contribution < -0.4 is 5.32 Å². The highest BCUT2D eigenvalue weighted by atomic mass is 35.7. The predicted octanol–water partition coefficient (Wildman–Crippen LogP) is 2.67. The minimum Gasteiger partial charge on any atom is -0.378 e. The van der Waals surface area contributed by atoms with E-state index in [2.05, 4.69) is 5.32 Å². The lowest BCUT2D eigenvalue weighted by Crippen LogP contribution is -2.29. The van der Waals surface area contributed by atoms with Crippen molar-refractivity contribution in [3.05, 3.63) is 15.8 Å². The van der Waals surface area contributed by atoms with E-state index in [0.717, 1.165) is 37.2 Å². The second kappa shape index (κ2) is 7.09. The van der Waals surface area contributed by atoms with Gasteiger partial charge in [0.15, 0.2) is 0 Å². The third-order valence-corrected chi connectivity index (χ3v) is 6.01. The monoisotopic (exact) mass is 351 g/mol. The lowest BCUT2D eigenvalue weighted by Gasteiger charge is -2.22. The Morgan fingerprint density at radius 1 is 1.52 bits per heavy atom. The number of rotatable bonds is 5. The highest BCUT2D eigenvalue weighted by molar-refractivity contribution is 8.13. The summed E-state index contributed by atoms with van der Waals surface area (Å²) in [5, 5.41) is 2.79. The summed E-state index contributed by atoms with van der Waals surface area (Å²) in [4.78, 5) is 12.9. The minimum absolute atomic E-state index is 0.00919. The van der Waals surface area contributed by atoms with Crippen molar-refractivity contribution in [2.24, 2.45) is 0 Å². The van der Waals surface area contributed by atoms with Crippen molar-refractivity contribution >= 4 is 37.0 Å². The fourth-order valence-electron chi connectivity index (χ4n) is 2.29. The highest BCUT2D eigenvalue weighted by Crippen LogP contribution is 2.28. The molecule has 1 aromatic heterocycles. The number of thiophene rings is 1. The summed E-state index contributed by atoms with van der Waals surface area (Å²) in [5.74, 6) is -0.273. The summed E-state index contributed by atoms with van der Waals surface area (Å²) in [6.07, 6.45) is 4.29. The zero-order chi connectivity index (χ0) is 15.5. The Balaban J connectivity index is 1.88. The zero-order valence-corrected chi connectivity index (χ0v) is 14.1. The van der Waals surface area contributed by atoms with Crippen molar-refractivity contribution in [2.75, 3.05) is 13.2 Å². The van der Waals surface area contributed by atoms with Crippen molar-refractivity contribution in [1.29, 1.82) is 0 Å². The number of amides is 1. The smallest absolute Gasteiger partial charge is 0.262 e. The number of carbonyl (C=O) groups is 1. The van der Waals surface area contributed by atoms with Crippen LogP contribution >= 0.6 is 22.0 Å². The first kappa shape index (κ1) is 16.7. The second-order valence-electron chi connectivity index (χ2n) is 5.00. The minimum atomic E-state index is -3.80. The van der Waals surface area contributed by atoms with Crippen LogP contribution in [0.4, 0.5) is 0 Å². The molecule has 1 unspecified atom stereocenters. The van der Waals surface area contributed by atoms with Gasteiger partial charge in [0.25, 0.3) is 15.0 Å². The Labute approximate surface area is 133 Å². The molecule has 0 saturated carbocycles. The summed E-state index contributed by atoms with van der Waals surface area (Å²) in [6, 6.07) is 1.33. The van der Waals surface area contributed by atoms with Gasteiger partial charge in [-0.2, -0.15) is 0 Å². The highest BCUT2D eigenvalue weighted by Gasteiger charge is 2.20. The van der Waals surface area contributed by atoms with Gasteiger partial charge < -0.3 is 10.1 Å². The first-order valence-electron chi connectivity index (χ1n) is 6.83. The van der Waals surface area contributed by atoms with Gasteiger partial charge in [0.05, 0.1) is 15.9 Å². The molecule has 1 aliphatic rings. The van der Waals surface area contributed by atoms with Gasteiger partial charge in [-0.3, -0.25) is 4.79 Å². The number of ether oxygens (including phenoxy) is 1. The van der Waals surface area contributed by atoms with E-state index < -0.39 is 9.05 Å². The van der Waals surface area contributed by atoms with Gasteiger partial charge in [-0.05, 0) is 38.7 Å². The van der Waals surface area contributed by atoms with Crippen LogP contribution in [-0.4, -0.2) is 33.6 Å². The molecule has 0 aromatic carbocycles. The van der Waals surface area contributed by atoms with Crippen LogP contribution in [0.15, 0.2) is 11.0 Å². The Morgan fingerprint density at radius 2 is 2.29 bits per heavy atom. The third kappa shape index (κ3) is 4.67. The molecule has 8 heteroatoms. The van der Waals surface area contributed by atoms with Crippen molar-refractivity contribution in [3.8, 4) is 0 Å². The van der Waals surface area contributed by atoms with E-state index in [1.807, 2.05) is 0 Å². The molecule has 1 aliphatic heterocycles. The molecule has 1 saturated heterocycles. The molecule has 1 aromatic rings. The van der Waals surface area contributed by atoms with Gasteiger partial charge in [-0.15, -0.1) is 11.3 Å². The molecule has 0 radical (unpaired) electrons. The fourth-order valence-corrected chi connectivity index (χ4v) is 4.87. The van der Waals surface area contributed by atoms with Crippen LogP contribution in [0.2, 0.25) is 0 Å². The molecular weight excluding hydrogens is 334 g/mol. The third-order valence-electron chi connectivity index (χ3n) is 3.38. The summed E-state index contributed by atoms with van der Waals surface area (Å²) >= 11 is 1.13. The van der Waals surface area contributed by atoms with Crippen LogP contribution in [0, 0.1) is 6.92 Å². The molecular formula is C13H18ClNO4S2. The first-order chi connectivity index (χ1) is 9.88. The topological polar surface area (TPSA) is 72.5 Å². The zero-order valence-electron chi connectivity index (χ0n) is 11.7. The normalized spacial score (nSPS) is 19.4. The van der Waals surface area contributed by atoms with Gasteiger partial charge in [-0.25, -0.2) is 8.42 Å². The van der Waals surface area contributed by atoms with Crippen LogP contribution in [0.5, 0.6) is 0 Å². The van der Waals surface area contributed by atoms with Crippen molar-refractivity contribution in [1.82, 2.24) is 5.32 Å². The Bertz CT molecular complexity index is 606. The van der Waals surface area contributed by atoms with E-state index in [1.165, 1.54) is 12.5 Å². The van der Waals surface area contributed by atoms with Gasteiger partial charge in [0, 0.05) is 28.7 Å². The maximum absolute atomic E-state index is 12.0. The van der Waals surface area contributed by atoms with E-state index in [9.17, 15) is 13.2 Å². The van der Waals surface area contributed by atoms with Gasteiger partial charge in [-0.1, -0.05) is 0 Å². The van der Waals surface area contributed by atoms with E-state index in [1.54, 1.807) is 6.92 Å². The molecule has 118 valence electrons. The predicted molar refractivity (Wildman–Crippen MR) is 82.6 cm³/mol. The molecule has 5 nitrogen and oxygen atoms in total. The molecule has 2 heterocycles. The lowest BCUT2D eigenvalue weighted by atomic mass is 10.1. The lowest BCUT2D eigenvalue weighted by molar-refractivity contribution is 0.0117. The molecule has 2 rings (SSSR count).